The van der Waals surface area contributed by atoms with Crippen molar-refractivity contribution in [2.45, 2.75) is 13.8 Å². The molecule has 0 saturated heterocycles. The SMILES string of the molecule is CNc1c(N(C)/C(=C\S)C(C)C)ccc(OC)c1Cl. The normalized spacial score (nSPS) is 11.7. The van der Waals surface area contributed by atoms with Gasteiger partial charge in [-0.3, -0.25) is 0 Å². The van der Waals surface area contributed by atoms with Crippen molar-refractivity contribution in [1.29, 1.82) is 0 Å². The van der Waals surface area contributed by atoms with E-state index in [1.807, 2.05) is 31.6 Å². The third-order valence-electron chi connectivity index (χ3n) is 3.03. The molecule has 5 heteroatoms. The van der Waals surface area contributed by atoms with Crippen molar-refractivity contribution >= 4 is 35.6 Å². The van der Waals surface area contributed by atoms with Gasteiger partial charge in [0.15, 0.2) is 0 Å². The van der Waals surface area contributed by atoms with Gasteiger partial charge in [-0.05, 0) is 23.5 Å². The Morgan fingerprint density at radius 1 is 1.47 bits per heavy atom. The molecule has 0 aliphatic heterocycles. The van der Waals surface area contributed by atoms with Crippen LogP contribution in [0, 0.1) is 5.92 Å². The number of thiol groups is 1. The molecule has 0 unspecified atom stereocenters. The van der Waals surface area contributed by atoms with Gasteiger partial charge < -0.3 is 15.0 Å². The second-order valence-electron chi connectivity index (χ2n) is 4.49. The molecule has 0 saturated carbocycles. The maximum atomic E-state index is 6.33. The van der Waals surface area contributed by atoms with Gasteiger partial charge in [0.25, 0.3) is 0 Å². The van der Waals surface area contributed by atoms with E-state index in [0.29, 0.717) is 16.7 Å². The number of nitrogens with one attached hydrogen (secondary N) is 1. The van der Waals surface area contributed by atoms with Crippen LogP contribution in [-0.4, -0.2) is 21.2 Å². The summed E-state index contributed by atoms with van der Waals surface area (Å²) in [6.45, 7) is 4.26. The molecule has 19 heavy (non-hydrogen) atoms. The molecule has 1 N–H and O–H groups in total. The predicted octanol–water partition coefficient (Wildman–Crippen LogP) is 4.25. The van der Waals surface area contributed by atoms with Crippen LogP contribution in [0.4, 0.5) is 11.4 Å². The highest BCUT2D eigenvalue weighted by Gasteiger charge is 2.17. The number of rotatable bonds is 5. The third kappa shape index (κ3) is 3.31. The second-order valence-corrected chi connectivity index (χ2v) is 5.13. The van der Waals surface area contributed by atoms with Crippen LogP contribution in [0.5, 0.6) is 5.75 Å². The molecule has 0 fully saturated rings. The summed E-state index contributed by atoms with van der Waals surface area (Å²) in [5.41, 5.74) is 2.94. The molecular weight excluding hydrogens is 280 g/mol. The summed E-state index contributed by atoms with van der Waals surface area (Å²) in [6.07, 6.45) is 0. The zero-order valence-electron chi connectivity index (χ0n) is 12.0. The van der Waals surface area contributed by atoms with E-state index in [2.05, 4.69) is 36.7 Å². The van der Waals surface area contributed by atoms with E-state index in [0.717, 1.165) is 17.1 Å². The minimum Gasteiger partial charge on any atom is -0.495 e. The summed E-state index contributed by atoms with van der Waals surface area (Å²) in [6, 6.07) is 3.85. The average molecular weight is 301 g/mol. The molecule has 0 atom stereocenters. The van der Waals surface area contributed by atoms with Crippen molar-refractivity contribution in [2.75, 3.05) is 31.4 Å². The first-order valence-electron chi connectivity index (χ1n) is 6.10. The number of methoxy groups -OCH3 is 1. The summed E-state index contributed by atoms with van der Waals surface area (Å²) >= 11 is 10.6. The van der Waals surface area contributed by atoms with E-state index >= 15 is 0 Å². The first-order valence-corrected chi connectivity index (χ1v) is 6.99. The fourth-order valence-corrected chi connectivity index (χ4v) is 2.79. The molecule has 1 aromatic rings. The third-order valence-corrected chi connectivity index (χ3v) is 3.67. The van der Waals surface area contributed by atoms with E-state index < -0.39 is 0 Å². The topological polar surface area (TPSA) is 24.5 Å². The Morgan fingerprint density at radius 2 is 2.11 bits per heavy atom. The molecule has 0 amide bonds. The number of ether oxygens (including phenoxy) is 1. The van der Waals surface area contributed by atoms with Gasteiger partial charge in [-0.15, -0.1) is 12.6 Å². The van der Waals surface area contributed by atoms with Crippen LogP contribution in [0.3, 0.4) is 0 Å². The Morgan fingerprint density at radius 3 is 2.53 bits per heavy atom. The van der Waals surface area contributed by atoms with Gasteiger partial charge in [-0.1, -0.05) is 25.4 Å². The molecule has 1 aromatic carbocycles. The number of benzene rings is 1. The molecule has 0 bridgehead atoms. The largest absolute Gasteiger partial charge is 0.495 e. The highest BCUT2D eigenvalue weighted by Crippen LogP contribution is 2.40. The molecule has 0 aliphatic rings. The minimum atomic E-state index is 0.369. The minimum absolute atomic E-state index is 0.369. The lowest BCUT2D eigenvalue weighted by Gasteiger charge is -2.28. The van der Waals surface area contributed by atoms with Crippen LogP contribution < -0.4 is 15.0 Å². The van der Waals surface area contributed by atoms with Gasteiger partial charge in [0.1, 0.15) is 10.8 Å². The van der Waals surface area contributed by atoms with Gasteiger partial charge in [0, 0.05) is 19.8 Å². The van der Waals surface area contributed by atoms with Crippen molar-refractivity contribution in [3.8, 4) is 5.75 Å². The van der Waals surface area contributed by atoms with Gasteiger partial charge in [0.2, 0.25) is 0 Å². The van der Waals surface area contributed by atoms with E-state index in [4.69, 9.17) is 16.3 Å². The van der Waals surface area contributed by atoms with Crippen LogP contribution in [0.2, 0.25) is 5.02 Å². The van der Waals surface area contributed by atoms with Gasteiger partial charge in [0.05, 0.1) is 18.5 Å². The Balaban J connectivity index is 3.31. The van der Waals surface area contributed by atoms with Crippen molar-refractivity contribution in [3.63, 3.8) is 0 Å². The molecule has 0 aromatic heterocycles. The van der Waals surface area contributed by atoms with Crippen LogP contribution in [0.15, 0.2) is 23.2 Å². The standard InChI is InChI=1S/C14H21ClN2OS/c1-9(2)11(8-19)17(4)10-6-7-12(18-5)13(15)14(10)16-3/h6-9,16,19H,1-5H3/b11-8-. The molecular formula is C14H21ClN2OS. The van der Waals surface area contributed by atoms with Crippen LogP contribution in [-0.2, 0) is 0 Å². The highest BCUT2D eigenvalue weighted by molar-refractivity contribution is 7.83. The molecule has 0 heterocycles. The Labute approximate surface area is 126 Å². The molecule has 1 rings (SSSR count). The summed E-state index contributed by atoms with van der Waals surface area (Å²) in [4.78, 5) is 2.08. The number of anilines is 2. The summed E-state index contributed by atoms with van der Waals surface area (Å²) in [5, 5.41) is 5.53. The van der Waals surface area contributed by atoms with Crippen LogP contribution in [0.25, 0.3) is 0 Å². The molecule has 3 nitrogen and oxygen atoms in total. The van der Waals surface area contributed by atoms with Crippen molar-refractivity contribution in [3.05, 3.63) is 28.3 Å². The van der Waals surface area contributed by atoms with E-state index in [9.17, 15) is 0 Å². The summed E-state index contributed by atoms with van der Waals surface area (Å²) in [7, 11) is 5.45. The number of halogens is 1. The first kappa shape index (κ1) is 16.1. The van der Waals surface area contributed by atoms with Gasteiger partial charge in [-0.25, -0.2) is 0 Å². The number of hydrogen-bond donors (Lipinski definition) is 2. The maximum Gasteiger partial charge on any atom is 0.139 e. The highest BCUT2D eigenvalue weighted by atomic mass is 35.5. The Kier molecular flexibility index (Phi) is 5.88. The molecule has 0 radical (unpaired) electrons. The number of hydrogen-bond acceptors (Lipinski definition) is 4. The zero-order valence-corrected chi connectivity index (χ0v) is 13.6. The second kappa shape index (κ2) is 6.96. The first-order chi connectivity index (χ1) is 8.97. The maximum absolute atomic E-state index is 6.33. The smallest absolute Gasteiger partial charge is 0.139 e. The number of nitrogens with zero attached hydrogens (tertiary/aromatic N) is 1. The molecule has 0 spiro atoms. The van der Waals surface area contributed by atoms with Crippen molar-refractivity contribution in [1.82, 2.24) is 0 Å². The van der Waals surface area contributed by atoms with Crippen LogP contribution in [0.1, 0.15) is 13.8 Å². The Bertz CT molecular complexity index is 475. The summed E-state index contributed by atoms with van der Waals surface area (Å²) in [5.74, 6) is 1.03. The van der Waals surface area contributed by atoms with E-state index in [1.54, 1.807) is 7.11 Å². The Hall–Kier alpha value is -1.00. The fourth-order valence-electron chi connectivity index (χ4n) is 1.98. The summed E-state index contributed by atoms with van der Waals surface area (Å²) < 4.78 is 5.24. The molecule has 106 valence electrons. The van der Waals surface area contributed by atoms with E-state index in [1.165, 1.54) is 0 Å². The monoisotopic (exact) mass is 300 g/mol. The van der Waals surface area contributed by atoms with E-state index in [-0.39, 0.29) is 0 Å². The van der Waals surface area contributed by atoms with Gasteiger partial charge >= 0.3 is 0 Å². The fraction of sp³-hybridized carbons (Fsp3) is 0.429. The number of allylic oxidation sites excluding steroid dienone is 1. The quantitative estimate of drug-likeness (QED) is 0.795. The van der Waals surface area contributed by atoms with Crippen LogP contribution >= 0.6 is 24.2 Å². The van der Waals surface area contributed by atoms with Gasteiger partial charge in [-0.2, -0.15) is 0 Å². The predicted molar refractivity (Wildman–Crippen MR) is 87.9 cm³/mol. The zero-order chi connectivity index (χ0) is 14.6. The molecule has 0 aliphatic carbocycles. The lowest BCUT2D eigenvalue weighted by molar-refractivity contribution is 0.415. The van der Waals surface area contributed by atoms with Crippen molar-refractivity contribution < 1.29 is 4.74 Å². The van der Waals surface area contributed by atoms with Crippen molar-refractivity contribution in [2.24, 2.45) is 5.92 Å². The lowest BCUT2D eigenvalue weighted by atomic mass is 10.1. The lowest BCUT2D eigenvalue weighted by Crippen LogP contribution is -2.21. The average Bonchev–Trinajstić information content (AvgIpc) is 2.38.